The Morgan fingerprint density at radius 1 is 0.544 bits per heavy atom. The maximum absolute atomic E-state index is 12.1. The number of phenolic OH excluding ortho intramolecular Hbond substituents is 1. The summed E-state index contributed by atoms with van der Waals surface area (Å²) < 4.78 is 77.7. The van der Waals surface area contributed by atoms with Crippen molar-refractivity contribution >= 4 is 58.0 Å². The van der Waals surface area contributed by atoms with Crippen molar-refractivity contribution in [3.63, 3.8) is 0 Å². The van der Waals surface area contributed by atoms with Crippen LogP contribution < -0.4 is 14.6 Å². The third kappa shape index (κ3) is 19.2. The molecule has 4 aromatic rings. The van der Waals surface area contributed by atoms with Crippen molar-refractivity contribution in [1.29, 1.82) is 0 Å². The molecule has 308 valence electrons. The average molecular weight is 851 g/mol. The van der Waals surface area contributed by atoms with Crippen LogP contribution in [0, 0.1) is 0 Å². The van der Waals surface area contributed by atoms with E-state index >= 15 is 0 Å². The van der Waals surface area contributed by atoms with Crippen molar-refractivity contribution in [3.8, 4) is 34.5 Å². The molecule has 0 spiro atoms. The minimum absolute atomic E-state index is 0. The molecule has 0 fully saturated rings. The predicted molar refractivity (Wildman–Crippen MR) is 223 cm³/mol. The molecule has 0 bridgehead atoms. The molecule has 10 nitrogen and oxygen atoms in total. The number of hydrogen-bond donors (Lipinski definition) is 2. The topological polar surface area (TPSA) is 173 Å². The van der Waals surface area contributed by atoms with Crippen molar-refractivity contribution in [2.45, 2.75) is 139 Å². The van der Waals surface area contributed by atoms with Crippen molar-refractivity contribution in [3.05, 3.63) is 96.1 Å². The van der Waals surface area contributed by atoms with E-state index in [0.717, 1.165) is 37.7 Å². The first-order valence-corrected chi connectivity index (χ1v) is 22.8. The van der Waals surface area contributed by atoms with Gasteiger partial charge in [-0.2, -0.15) is 8.42 Å². The maximum atomic E-state index is 12.1. The Labute approximate surface area is 370 Å². The summed E-state index contributed by atoms with van der Waals surface area (Å²) in [7, 11) is -9.01. The zero-order valence-electron chi connectivity index (χ0n) is 33.5. The molecule has 0 saturated carbocycles. The molecule has 13 heteroatoms. The van der Waals surface area contributed by atoms with E-state index in [-0.39, 0.29) is 65.6 Å². The number of aryl methyl sites for hydroxylation is 2. The summed E-state index contributed by atoms with van der Waals surface area (Å²) in [6, 6.07) is 21.0. The zero-order chi connectivity index (χ0) is 40.8. The fourth-order valence-electron chi connectivity index (χ4n) is 6.28. The molecule has 0 aliphatic rings. The number of rotatable bonds is 24. The van der Waals surface area contributed by atoms with Crippen LogP contribution in [0.15, 0.2) is 94.7 Å². The number of para-hydroxylation sites is 2. The van der Waals surface area contributed by atoms with Crippen LogP contribution in [-0.4, -0.2) is 68.8 Å². The molecule has 2 N–H and O–H groups in total. The number of phenols is 1. The Bertz CT molecular complexity index is 1840. The van der Waals surface area contributed by atoms with Gasteiger partial charge in [0.1, 0.15) is 43.8 Å². The van der Waals surface area contributed by atoms with Gasteiger partial charge in [-0.05, 0) is 85.8 Å². The molecule has 4 rings (SSSR count). The fourth-order valence-corrected chi connectivity index (χ4v) is 7.50. The van der Waals surface area contributed by atoms with Crippen molar-refractivity contribution in [2.24, 2.45) is 0 Å². The Morgan fingerprint density at radius 2 is 0.947 bits per heavy atom. The van der Waals surface area contributed by atoms with E-state index in [1.165, 1.54) is 126 Å². The van der Waals surface area contributed by atoms with Gasteiger partial charge in [0.05, 0.1) is 4.90 Å². The quantitative estimate of drug-likeness (QED) is 0.0392. The summed E-state index contributed by atoms with van der Waals surface area (Å²) in [5.74, 6) is 0.940. The van der Waals surface area contributed by atoms with E-state index in [2.05, 4.69) is 13.8 Å². The molecule has 0 unspecified atom stereocenters. The van der Waals surface area contributed by atoms with Crippen molar-refractivity contribution in [1.82, 2.24) is 0 Å². The molecule has 0 saturated heterocycles. The number of unbranched alkanes of at least 4 members (excludes halogenated alkanes) is 14. The molecule has 0 aromatic heterocycles. The molecular formula is C44H58CaO10S2. The third-order valence-corrected chi connectivity index (χ3v) is 11.2. The Balaban J connectivity index is 0.000000387. The van der Waals surface area contributed by atoms with Gasteiger partial charge in [0.25, 0.3) is 10.1 Å². The SMILES string of the molecule is CCCCCCCCCCc1cc(Oc2ccccc2S(=O)(=O)O)ccc1O.CCCCCCCCCCc1cc(Oc2ccccc2S(=O)(=O)[O-])ccc1[O-].[Ca+2]. The molecule has 0 amide bonds. The van der Waals surface area contributed by atoms with Gasteiger partial charge in [0, 0.05) is 0 Å². The Kier molecular flexibility index (Phi) is 23.8. The van der Waals surface area contributed by atoms with E-state index in [1.54, 1.807) is 36.4 Å². The van der Waals surface area contributed by atoms with Crippen molar-refractivity contribution < 1.29 is 45.6 Å². The van der Waals surface area contributed by atoms with Gasteiger partial charge < -0.3 is 24.2 Å². The van der Waals surface area contributed by atoms with E-state index in [4.69, 9.17) is 9.47 Å². The Hall–Kier alpha value is -2.84. The minimum Gasteiger partial charge on any atom is -0.872 e. The monoisotopic (exact) mass is 850 g/mol. The second-order valence-electron chi connectivity index (χ2n) is 14.0. The van der Waals surface area contributed by atoms with Gasteiger partial charge in [0.15, 0.2) is 0 Å². The molecular weight excluding hydrogens is 793 g/mol. The standard InChI is InChI=1S/2C22H30O5S.Ca/c2*1-2-3-4-5-6-7-8-9-12-18-17-19(15-16-20(18)23)27-21-13-10-11-14-22(21)28(24,25)26;/h2*10-11,13-17,23H,2-9,12H2,1H3,(H,24,25,26);/q;;+2/p-2. The number of ether oxygens (including phenoxy) is 2. The summed E-state index contributed by atoms with van der Waals surface area (Å²) in [5.41, 5.74) is 1.42. The van der Waals surface area contributed by atoms with Crippen LogP contribution in [0.1, 0.15) is 128 Å². The third-order valence-electron chi connectivity index (χ3n) is 9.38. The molecule has 0 aliphatic heterocycles. The fraction of sp³-hybridized carbons (Fsp3) is 0.455. The normalized spacial score (nSPS) is 11.3. The van der Waals surface area contributed by atoms with Crippen molar-refractivity contribution in [2.75, 3.05) is 0 Å². The van der Waals surface area contributed by atoms with Gasteiger partial charge in [-0.25, -0.2) is 8.42 Å². The largest absolute Gasteiger partial charge is 2.00 e. The molecule has 57 heavy (non-hydrogen) atoms. The number of hydrogen-bond acceptors (Lipinski definition) is 9. The summed E-state index contributed by atoms with van der Waals surface area (Å²) in [4.78, 5) is -0.696. The first kappa shape index (κ1) is 50.3. The average Bonchev–Trinajstić information content (AvgIpc) is 3.16. The van der Waals surface area contributed by atoms with Gasteiger partial charge in [0.2, 0.25) is 0 Å². The van der Waals surface area contributed by atoms with Crippen LogP contribution in [0.4, 0.5) is 0 Å². The molecule has 0 atom stereocenters. The molecule has 4 aromatic carbocycles. The van der Waals surface area contributed by atoms with E-state index in [1.807, 2.05) is 0 Å². The van der Waals surface area contributed by atoms with Gasteiger partial charge in [-0.15, -0.1) is 5.75 Å². The maximum Gasteiger partial charge on any atom is 2.00 e. The second kappa shape index (κ2) is 27.0. The zero-order valence-corrected chi connectivity index (χ0v) is 37.3. The van der Waals surface area contributed by atoms with Crippen LogP contribution in [0.5, 0.6) is 34.5 Å². The van der Waals surface area contributed by atoms with E-state index in [9.17, 15) is 36.2 Å². The smallest absolute Gasteiger partial charge is 0.872 e. The van der Waals surface area contributed by atoms with Crippen LogP contribution in [0.25, 0.3) is 0 Å². The van der Waals surface area contributed by atoms with Crippen LogP contribution in [-0.2, 0) is 33.1 Å². The first-order valence-electron chi connectivity index (χ1n) is 19.9. The molecule has 0 heterocycles. The van der Waals surface area contributed by atoms with Crippen LogP contribution in [0.2, 0.25) is 0 Å². The number of benzene rings is 4. The van der Waals surface area contributed by atoms with Gasteiger partial charge in [-0.1, -0.05) is 140 Å². The predicted octanol–water partition coefficient (Wildman–Crippen LogP) is 10.9. The van der Waals surface area contributed by atoms with E-state index in [0.29, 0.717) is 23.5 Å². The van der Waals surface area contributed by atoms with Gasteiger partial charge in [-0.3, -0.25) is 4.55 Å². The van der Waals surface area contributed by atoms with Crippen LogP contribution in [0.3, 0.4) is 0 Å². The molecule has 0 aliphatic carbocycles. The second-order valence-corrected chi connectivity index (χ2v) is 16.8. The van der Waals surface area contributed by atoms with E-state index < -0.39 is 25.1 Å². The minimum atomic E-state index is -4.64. The summed E-state index contributed by atoms with van der Waals surface area (Å²) in [6.45, 7) is 4.42. The Morgan fingerprint density at radius 3 is 1.44 bits per heavy atom. The summed E-state index contributed by atoms with van der Waals surface area (Å²) in [6.07, 6.45) is 20.6. The summed E-state index contributed by atoms with van der Waals surface area (Å²) >= 11 is 0. The summed E-state index contributed by atoms with van der Waals surface area (Å²) in [5, 5.41) is 22.2. The van der Waals surface area contributed by atoms with Crippen LogP contribution >= 0.6 is 0 Å². The van der Waals surface area contributed by atoms with Gasteiger partial charge >= 0.3 is 37.7 Å². The first-order chi connectivity index (χ1) is 26.8. The molecule has 0 radical (unpaired) electrons. The number of aromatic hydroxyl groups is 1.